The minimum Gasteiger partial charge on any atom is -0.493 e. The summed E-state index contributed by atoms with van der Waals surface area (Å²) in [5.41, 5.74) is 2.46. The van der Waals surface area contributed by atoms with Gasteiger partial charge in [0.15, 0.2) is 11.5 Å². The third-order valence-corrected chi connectivity index (χ3v) is 3.91. The minimum absolute atomic E-state index is 0.177. The zero-order valence-corrected chi connectivity index (χ0v) is 14.9. The van der Waals surface area contributed by atoms with Gasteiger partial charge in [-0.25, -0.2) is 4.79 Å². The van der Waals surface area contributed by atoms with E-state index in [4.69, 9.17) is 21.1 Å². The van der Waals surface area contributed by atoms with Gasteiger partial charge in [0.25, 0.3) is 0 Å². The molecular formula is C18H21ClN2O3. The van der Waals surface area contributed by atoms with Crippen LogP contribution in [-0.4, -0.2) is 20.3 Å². The molecule has 0 aromatic heterocycles. The average Bonchev–Trinajstić information content (AvgIpc) is 2.56. The van der Waals surface area contributed by atoms with Gasteiger partial charge in [-0.1, -0.05) is 23.7 Å². The van der Waals surface area contributed by atoms with Crippen molar-refractivity contribution in [3.05, 3.63) is 52.5 Å². The number of halogens is 1. The Hall–Kier alpha value is -2.40. The Bertz CT molecular complexity index is 734. The summed E-state index contributed by atoms with van der Waals surface area (Å²) >= 11 is 5.98. The molecule has 5 nitrogen and oxygen atoms in total. The molecule has 0 heterocycles. The Morgan fingerprint density at radius 2 is 1.79 bits per heavy atom. The van der Waals surface area contributed by atoms with Crippen LogP contribution in [0.25, 0.3) is 0 Å². The molecule has 24 heavy (non-hydrogen) atoms. The van der Waals surface area contributed by atoms with Gasteiger partial charge in [-0.15, -0.1) is 0 Å². The second-order valence-electron chi connectivity index (χ2n) is 5.40. The molecule has 2 N–H and O–H groups in total. The van der Waals surface area contributed by atoms with Crippen LogP contribution in [0.2, 0.25) is 5.02 Å². The van der Waals surface area contributed by atoms with Crippen LogP contribution < -0.4 is 20.1 Å². The van der Waals surface area contributed by atoms with Crippen molar-refractivity contribution in [1.29, 1.82) is 0 Å². The summed E-state index contributed by atoms with van der Waals surface area (Å²) in [5.74, 6) is 1.18. The molecule has 2 rings (SSSR count). The molecule has 0 aliphatic carbocycles. The van der Waals surface area contributed by atoms with Gasteiger partial charge in [0, 0.05) is 16.8 Å². The first kappa shape index (κ1) is 17.9. The number of hydrogen-bond acceptors (Lipinski definition) is 3. The number of benzene rings is 2. The molecule has 2 aromatic carbocycles. The Balaban J connectivity index is 2.09. The molecule has 6 heteroatoms. The zero-order chi connectivity index (χ0) is 17.7. The Morgan fingerprint density at radius 1 is 1.12 bits per heavy atom. The predicted octanol–water partition coefficient (Wildman–Crippen LogP) is 4.55. The number of carbonyl (C=O) groups is 1. The van der Waals surface area contributed by atoms with Gasteiger partial charge < -0.3 is 20.1 Å². The molecule has 0 radical (unpaired) electrons. The van der Waals surface area contributed by atoms with Crippen molar-refractivity contribution in [2.24, 2.45) is 0 Å². The molecule has 2 aromatic rings. The highest BCUT2D eigenvalue weighted by molar-refractivity contribution is 6.30. The van der Waals surface area contributed by atoms with Gasteiger partial charge in [0.05, 0.1) is 20.3 Å². The molecule has 0 spiro atoms. The van der Waals surface area contributed by atoms with E-state index in [-0.39, 0.29) is 12.1 Å². The molecule has 0 saturated heterocycles. The summed E-state index contributed by atoms with van der Waals surface area (Å²) in [6.07, 6.45) is 0. The first-order valence-corrected chi connectivity index (χ1v) is 7.88. The number of amides is 2. The fraction of sp³-hybridized carbons (Fsp3) is 0.278. The van der Waals surface area contributed by atoms with E-state index < -0.39 is 0 Å². The number of nitrogens with one attached hydrogen (secondary N) is 2. The van der Waals surface area contributed by atoms with Crippen molar-refractivity contribution in [3.8, 4) is 11.5 Å². The Morgan fingerprint density at radius 3 is 2.42 bits per heavy atom. The number of methoxy groups -OCH3 is 2. The molecule has 0 fully saturated rings. The largest absolute Gasteiger partial charge is 0.493 e. The van der Waals surface area contributed by atoms with Crippen molar-refractivity contribution >= 4 is 23.3 Å². The van der Waals surface area contributed by atoms with E-state index in [0.29, 0.717) is 22.2 Å². The summed E-state index contributed by atoms with van der Waals surface area (Å²) in [6, 6.07) is 10.5. The predicted molar refractivity (Wildman–Crippen MR) is 96.3 cm³/mol. The van der Waals surface area contributed by atoms with E-state index in [9.17, 15) is 4.79 Å². The molecule has 0 bridgehead atoms. The second kappa shape index (κ2) is 7.93. The van der Waals surface area contributed by atoms with E-state index in [1.807, 2.05) is 38.1 Å². The quantitative estimate of drug-likeness (QED) is 0.833. The first-order chi connectivity index (χ1) is 11.4. The van der Waals surface area contributed by atoms with Gasteiger partial charge in [0.1, 0.15) is 0 Å². The molecule has 2 amide bonds. The van der Waals surface area contributed by atoms with Crippen LogP contribution in [0.15, 0.2) is 36.4 Å². The lowest BCUT2D eigenvalue weighted by Crippen LogP contribution is -2.31. The first-order valence-electron chi connectivity index (χ1n) is 7.50. The maximum Gasteiger partial charge on any atom is 0.319 e. The summed E-state index contributed by atoms with van der Waals surface area (Å²) in [5, 5.41) is 6.35. The van der Waals surface area contributed by atoms with Crippen LogP contribution in [-0.2, 0) is 0 Å². The number of ether oxygens (including phenoxy) is 2. The summed E-state index contributed by atoms with van der Waals surface area (Å²) in [6.45, 7) is 3.78. The highest BCUT2D eigenvalue weighted by atomic mass is 35.5. The lowest BCUT2D eigenvalue weighted by molar-refractivity contribution is 0.249. The number of aryl methyl sites for hydroxylation is 1. The standard InChI is InChI=1S/C18H21ClN2O3/c1-11-8-16(23-3)17(24-4)10-15(11)21-18(22)20-12(2)13-6-5-7-14(19)9-13/h5-10,12H,1-4H3,(H2,20,21,22)/t12-/m0/s1. The molecule has 1 atom stereocenters. The van der Waals surface area contributed by atoms with E-state index >= 15 is 0 Å². The lowest BCUT2D eigenvalue weighted by atomic mass is 10.1. The molecule has 128 valence electrons. The monoisotopic (exact) mass is 348 g/mol. The van der Waals surface area contributed by atoms with E-state index in [1.54, 1.807) is 26.4 Å². The van der Waals surface area contributed by atoms with Crippen LogP contribution >= 0.6 is 11.6 Å². The zero-order valence-electron chi connectivity index (χ0n) is 14.1. The molecule has 0 aliphatic rings. The van der Waals surface area contributed by atoms with E-state index in [0.717, 1.165) is 11.1 Å². The number of rotatable bonds is 5. The van der Waals surface area contributed by atoms with E-state index in [1.165, 1.54) is 0 Å². The molecule has 0 saturated carbocycles. The highest BCUT2D eigenvalue weighted by Crippen LogP contribution is 2.32. The van der Waals surface area contributed by atoms with Gasteiger partial charge in [0.2, 0.25) is 0 Å². The van der Waals surface area contributed by atoms with Crippen molar-refractivity contribution in [2.75, 3.05) is 19.5 Å². The van der Waals surface area contributed by atoms with Crippen molar-refractivity contribution in [2.45, 2.75) is 19.9 Å². The SMILES string of the molecule is COc1cc(C)c(NC(=O)N[C@@H](C)c2cccc(Cl)c2)cc1OC. The van der Waals surface area contributed by atoms with Crippen molar-refractivity contribution < 1.29 is 14.3 Å². The van der Waals surface area contributed by atoms with Crippen LogP contribution in [0.5, 0.6) is 11.5 Å². The highest BCUT2D eigenvalue weighted by Gasteiger charge is 2.13. The van der Waals surface area contributed by atoms with Crippen LogP contribution in [0.3, 0.4) is 0 Å². The fourth-order valence-electron chi connectivity index (χ4n) is 2.33. The van der Waals surface area contributed by atoms with Gasteiger partial charge in [-0.3, -0.25) is 0 Å². The van der Waals surface area contributed by atoms with Gasteiger partial charge >= 0.3 is 6.03 Å². The molecule has 0 unspecified atom stereocenters. The third-order valence-electron chi connectivity index (χ3n) is 3.68. The third kappa shape index (κ3) is 4.32. The number of carbonyl (C=O) groups excluding carboxylic acids is 1. The molecule has 0 aliphatic heterocycles. The average molecular weight is 349 g/mol. The number of anilines is 1. The normalized spacial score (nSPS) is 11.5. The van der Waals surface area contributed by atoms with Crippen molar-refractivity contribution in [3.63, 3.8) is 0 Å². The summed E-state index contributed by atoms with van der Waals surface area (Å²) in [4.78, 5) is 12.3. The van der Waals surface area contributed by atoms with Gasteiger partial charge in [-0.2, -0.15) is 0 Å². The minimum atomic E-state index is -0.308. The summed E-state index contributed by atoms with van der Waals surface area (Å²) in [7, 11) is 3.13. The second-order valence-corrected chi connectivity index (χ2v) is 5.83. The maximum absolute atomic E-state index is 12.3. The van der Waals surface area contributed by atoms with Crippen LogP contribution in [0, 0.1) is 6.92 Å². The smallest absolute Gasteiger partial charge is 0.319 e. The fourth-order valence-corrected chi connectivity index (χ4v) is 2.53. The van der Waals surface area contributed by atoms with Gasteiger partial charge in [-0.05, 0) is 43.2 Å². The van der Waals surface area contributed by atoms with Crippen molar-refractivity contribution in [1.82, 2.24) is 5.32 Å². The number of urea groups is 1. The maximum atomic E-state index is 12.3. The topological polar surface area (TPSA) is 59.6 Å². The lowest BCUT2D eigenvalue weighted by Gasteiger charge is -2.17. The number of hydrogen-bond donors (Lipinski definition) is 2. The van der Waals surface area contributed by atoms with Crippen LogP contribution in [0.4, 0.5) is 10.5 Å². The molecular weight excluding hydrogens is 328 g/mol. The van der Waals surface area contributed by atoms with E-state index in [2.05, 4.69) is 10.6 Å². The Labute approximate surface area is 146 Å². The van der Waals surface area contributed by atoms with Crippen LogP contribution in [0.1, 0.15) is 24.1 Å². The Kier molecular flexibility index (Phi) is 5.93. The summed E-state index contributed by atoms with van der Waals surface area (Å²) < 4.78 is 10.5.